The van der Waals surface area contributed by atoms with Crippen LogP contribution < -0.4 is 9.47 Å². The van der Waals surface area contributed by atoms with Crippen LogP contribution in [0.25, 0.3) is 11.1 Å². The number of rotatable bonds is 5. The molecule has 1 amide bonds. The van der Waals surface area contributed by atoms with E-state index in [-0.39, 0.29) is 5.91 Å². The zero-order valence-electron chi connectivity index (χ0n) is 22.1. The highest BCUT2D eigenvalue weighted by Crippen LogP contribution is 2.40. The zero-order chi connectivity index (χ0) is 25.6. The Morgan fingerprint density at radius 2 is 1.74 bits per heavy atom. The van der Waals surface area contributed by atoms with Crippen LogP contribution in [0.1, 0.15) is 57.0 Å². The molecule has 0 saturated carbocycles. The van der Waals surface area contributed by atoms with Crippen LogP contribution in [0.2, 0.25) is 0 Å². The third-order valence-electron chi connectivity index (χ3n) is 5.51. The summed E-state index contributed by atoms with van der Waals surface area (Å²) in [5.74, 6) is 1.61. The van der Waals surface area contributed by atoms with Gasteiger partial charge in [0, 0.05) is 26.2 Å². The van der Waals surface area contributed by atoms with Gasteiger partial charge in [-0.2, -0.15) is 0 Å². The largest absolute Gasteiger partial charge is 0.496 e. The van der Waals surface area contributed by atoms with E-state index in [0.717, 1.165) is 46.8 Å². The molecule has 5 heteroatoms. The highest BCUT2D eigenvalue weighted by Gasteiger charge is 2.20. The van der Waals surface area contributed by atoms with Crippen molar-refractivity contribution < 1.29 is 14.3 Å². The molecule has 1 aliphatic heterocycles. The fourth-order valence-electron chi connectivity index (χ4n) is 3.90. The number of benzene rings is 2. The molecule has 0 bridgehead atoms. The summed E-state index contributed by atoms with van der Waals surface area (Å²) in [7, 11) is 1.67. The molecule has 0 N–H and O–H groups in total. The molecule has 0 atom stereocenters. The van der Waals surface area contributed by atoms with Gasteiger partial charge in [-0.15, -0.1) is 0 Å². The van der Waals surface area contributed by atoms with E-state index in [2.05, 4.69) is 50.9 Å². The van der Waals surface area contributed by atoms with Gasteiger partial charge in [0.1, 0.15) is 18.1 Å². The summed E-state index contributed by atoms with van der Waals surface area (Å²) >= 11 is 0. The molecule has 0 fully saturated rings. The Kier molecular flexibility index (Phi) is 8.55. The first-order valence-corrected chi connectivity index (χ1v) is 12.1. The fraction of sp³-hybridized carbons (Fsp3) is 0.400. The van der Waals surface area contributed by atoms with Crippen molar-refractivity contribution >= 4 is 5.91 Å². The number of methoxy groups -OCH3 is 1. The first-order valence-electron chi connectivity index (χ1n) is 12.1. The summed E-state index contributed by atoms with van der Waals surface area (Å²) in [5.41, 5.74) is 6.92. The van der Waals surface area contributed by atoms with Crippen molar-refractivity contribution in [2.24, 2.45) is 5.41 Å². The molecule has 0 radical (unpaired) electrons. The van der Waals surface area contributed by atoms with Gasteiger partial charge in [-0.25, -0.2) is 0 Å². The normalized spacial score (nSPS) is 12.8. The van der Waals surface area contributed by atoms with Crippen molar-refractivity contribution in [1.29, 1.82) is 0 Å². The lowest BCUT2D eigenvalue weighted by molar-refractivity contribution is -0.129. The van der Waals surface area contributed by atoms with Gasteiger partial charge in [0.25, 0.3) is 0 Å². The van der Waals surface area contributed by atoms with Crippen LogP contribution >= 0.6 is 0 Å². The Morgan fingerprint density at radius 3 is 2.40 bits per heavy atom. The predicted molar refractivity (Wildman–Crippen MR) is 142 cm³/mol. The Labute approximate surface area is 210 Å². The number of aromatic nitrogens is 1. The first kappa shape index (κ1) is 26.3. The molecule has 0 spiro atoms. The van der Waals surface area contributed by atoms with Gasteiger partial charge in [0.05, 0.1) is 18.4 Å². The molecule has 1 aliphatic rings. The average molecular weight is 475 g/mol. The minimum absolute atomic E-state index is 0.109. The predicted octanol–water partition coefficient (Wildman–Crippen LogP) is 6.60. The van der Waals surface area contributed by atoms with Gasteiger partial charge >= 0.3 is 0 Å². The molecule has 1 aromatic heterocycles. The maximum Gasteiger partial charge on any atom is 0.219 e. The maximum atomic E-state index is 11.8. The van der Waals surface area contributed by atoms with Crippen LogP contribution in [0.3, 0.4) is 0 Å². The van der Waals surface area contributed by atoms with E-state index in [1.54, 1.807) is 20.2 Å². The second kappa shape index (κ2) is 11.4. The molecule has 35 heavy (non-hydrogen) atoms. The summed E-state index contributed by atoms with van der Waals surface area (Å²) in [4.78, 5) is 18.1. The van der Waals surface area contributed by atoms with Crippen molar-refractivity contribution in [3.05, 3.63) is 77.1 Å². The number of amides is 1. The molecule has 2 aromatic carbocycles. The SMILES string of the molecule is CC(C)(C)C.COc1cccc(OCc2cc(C)ccn2)c1-c1ccc2c(c1)CN(C(C)=O)CC2. The summed E-state index contributed by atoms with van der Waals surface area (Å²) in [6, 6.07) is 16.2. The van der Waals surface area contributed by atoms with Crippen LogP contribution in [-0.2, 0) is 24.4 Å². The van der Waals surface area contributed by atoms with Gasteiger partial charge in [-0.05, 0) is 71.3 Å². The van der Waals surface area contributed by atoms with E-state index in [4.69, 9.17) is 9.47 Å². The second-order valence-electron chi connectivity index (χ2n) is 10.6. The molecule has 0 aliphatic carbocycles. The van der Waals surface area contributed by atoms with Crippen LogP contribution in [-0.4, -0.2) is 29.4 Å². The van der Waals surface area contributed by atoms with Gasteiger partial charge in [0.15, 0.2) is 0 Å². The number of nitrogens with zero attached hydrogens (tertiary/aromatic N) is 2. The van der Waals surface area contributed by atoms with Crippen molar-refractivity contribution in [2.75, 3.05) is 13.7 Å². The second-order valence-corrected chi connectivity index (χ2v) is 10.6. The fourth-order valence-corrected chi connectivity index (χ4v) is 3.90. The average Bonchev–Trinajstić information content (AvgIpc) is 2.80. The van der Waals surface area contributed by atoms with Crippen molar-refractivity contribution in [2.45, 2.75) is 61.1 Å². The topological polar surface area (TPSA) is 51.7 Å². The molecule has 5 nitrogen and oxygen atoms in total. The summed E-state index contributed by atoms with van der Waals surface area (Å²) in [6.07, 6.45) is 2.67. The number of ether oxygens (including phenoxy) is 2. The van der Waals surface area contributed by atoms with E-state index >= 15 is 0 Å². The summed E-state index contributed by atoms with van der Waals surface area (Å²) in [5, 5.41) is 0. The Bertz CT molecular complexity index is 1160. The number of carbonyl (C=O) groups excluding carboxylic acids is 1. The van der Waals surface area contributed by atoms with E-state index in [1.165, 1.54) is 11.1 Å². The van der Waals surface area contributed by atoms with Crippen molar-refractivity contribution in [3.8, 4) is 22.6 Å². The molecule has 4 rings (SSSR count). The van der Waals surface area contributed by atoms with Gasteiger partial charge in [-0.3, -0.25) is 9.78 Å². The Morgan fingerprint density at radius 1 is 1.03 bits per heavy atom. The molecular formula is C30H38N2O3. The van der Waals surface area contributed by atoms with Crippen molar-refractivity contribution in [3.63, 3.8) is 0 Å². The molecule has 0 saturated heterocycles. The highest BCUT2D eigenvalue weighted by atomic mass is 16.5. The number of hydrogen-bond donors (Lipinski definition) is 0. The minimum Gasteiger partial charge on any atom is -0.496 e. The molecule has 0 unspecified atom stereocenters. The van der Waals surface area contributed by atoms with Crippen molar-refractivity contribution in [1.82, 2.24) is 9.88 Å². The van der Waals surface area contributed by atoms with Gasteiger partial charge < -0.3 is 14.4 Å². The summed E-state index contributed by atoms with van der Waals surface area (Å²) in [6.45, 7) is 14.2. The monoisotopic (exact) mass is 474 g/mol. The van der Waals surface area contributed by atoms with Gasteiger partial charge in [0.2, 0.25) is 5.91 Å². The van der Waals surface area contributed by atoms with E-state index in [9.17, 15) is 4.79 Å². The number of aryl methyl sites for hydroxylation is 1. The smallest absolute Gasteiger partial charge is 0.219 e. The Balaban J connectivity index is 0.000000623. The van der Waals surface area contributed by atoms with Crippen LogP contribution in [0.5, 0.6) is 11.5 Å². The lowest BCUT2D eigenvalue weighted by Gasteiger charge is -2.28. The van der Waals surface area contributed by atoms with Crippen LogP contribution in [0, 0.1) is 12.3 Å². The van der Waals surface area contributed by atoms with E-state index in [1.807, 2.05) is 42.2 Å². The zero-order valence-corrected chi connectivity index (χ0v) is 22.1. The number of pyridine rings is 1. The standard InChI is InChI=1S/C25H26N2O3.C5H12/c1-17-9-11-26-22(13-17)16-30-24-6-4-5-23(29-3)25(24)20-8-7-19-10-12-27(18(2)28)15-21(19)14-20;1-5(2,3)4/h4-9,11,13-14H,10,12,15-16H2,1-3H3;1-4H3. The quantitative estimate of drug-likeness (QED) is 0.418. The molecular weight excluding hydrogens is 436 g/mol. The van der Waals surface area contributed by atoms with Crippen LogP contribution in [0.4, 0.5) is 0 Å². The number of hydrogen-bond acceptors (Lipinski definition) is 4. The molecule has 3 aromatic rings. The molecule has 186 valence electrons. The highest BCUT2D eigenvalue weighted by molar-refractivity contribution is 5.78. The molecule has 2 heterocycles. The van der Waals surface area contributed by atoms with E-state index < -0.39 is 0 Å². The lowest BCUT2D eigenvalue weighted by atomic mass is 9.94. The first-order chi connectivity index (χ1) is 16.5. The maximum absolute atomic E-state index is 11.8. The lowest BCUT2D eigenvalue weighted by Crippen LogP contribution is -2.34. The Hall–Kier alpha value is -3.34. The summed E-state index contributed by atoms with van der Waals surface area (Å²) < 4.78 is 11.8. The number of carbonyl (C=O) groups is 1. The van der Waals surface area contributed by atoms with Gasteiger partial charge in [-0.1, -0.05) is 45.9 Å². The van der Waals surface area contributed by atoms with E-state index in [0.29, 0.717) is 18.6 Å². The van der Waals surface area contributed by atoms with Crippen LogP contribution in [0.15, 0.2) is 54.7 Å². The number of fused-ring (bicyclic) bond motifs is 1. The third-order valence-corrected chi connectivity index (χ3v) is 5.51. The minimum atomic E-state index is 0.109. The third kappa shape index (κ3) is 7.57.